The number of hydrogen-bond acceptors (Lipinski definition) is 6. The van der Waals surface area contributed by atoms with Gasteiger partial charge in [0.15, 0.2) is 0 Å². The van der Waals surface area contributed by atoms with Gasteiger partial charge in [0.05, 0.1) is 10.1 Å². The summed E-state index contributed by atoms with van der Waals surface area (Å²) in [6.07, 6.45) is 4.52. The largest absolute Gasteiger partial charge is 1.00 e. The molecule has 0 radical (unpaired) electrons. The van der Waals surface area contributed by atoms with E-state index < -0.39 is 25.7 Å². The molecule has 0 saturated carbocycles. The Hall–Kier alpha value is 0.706. The third-order valence-electron chi connectivity index (χ3n) is 2.05. The van der Waals surface area contributed by atoms with Crippen molar-refractivity contribution < 1.29 is 72.8 Å². The minimum Gasteiger partial charge on any atom is -0.748 e. The molecule has 0 bridgehead atoms. The minimum absolute atomic E-state index is 0. The van der Waals surface area contributed by atoms with Gasteiger partial charge in [-0.25, -0.2) is 21.8 Å². The molecule has 0 aliphatic heterocycles. The molecule has 0 unspecified atom stereocenters. The third kappa shape index (κ3) is 6.75. The van der Waals surface area contributed by atoms with Crippen LogP contribution in [0.2, 0.25) is 0 Å². The molecule has 0 aromatic carbocycles. The molecule has 0 atom stereocenters. The molecule has 98 valence electrons. The molecule has 0 spiro atoms. The van der Waals surface area contributed by atoms with Crippen LogP contribution in [0.5, 0.6) is 0 Å². The fraction of sp³-hybridized carbons (Fsp3) is 0.625. The summed E-state index contributed by atoms with van der Waals surface area (Å²) in [7, 11) is -7.58. The van der Waals surface area contributed by atoms with Gasteiger partial charge in [-0.2, -0.15) is 0 Å². The SMILES string of the molecule is CS(=O)(=O)c1nccn1CCCCS(=O)(=O)[O-].[K+]. The van der Waals surface area contributed by atoms with Gasteiger partial charge in [0.25, 0.3) is 0 Å². The smallest absolute Gasteiger partial charge is 0.748 e. The maximum Gasteiger partial charge on any atom is 1.00 e. The number of aryl methyl sites for hydroxylation is 1. The fourth-order valence-corrected chi connectivity index (χ4v) is 2.74. The Labute approximate surface area is 149 Å². The van der Waals surface area contributed by atoms with E-state index >= 15 is 0 Å². The standard InChI is InChI=1S/C8H14N2O5S2.K/c1-16(11,12)8-9-4-6-10(8)5-2-3-7-17(13,14)15;/h4,6H,2-3,5,7H2,1H3,(H,13,14,15);/q;+1/p-1. The van der Waals surface area contributed by atoms with Gasteiger partial charge in [0.1, 0.15) is 0 Å². The van der Waals surface area contributed by atoms with Crippen LogP contribution < -0.4 is 51.4 Å². The molecular weight excluding hydrogens is 307 g/mol. The first-order valence-corrected chi connectivity index (χ1v) is 8.32. The van der Waals surface area contributed by atoms with Crippen molar-refractivity contribution in [3.8, 4) is 0 Å². The van der Waals surface area contributed by atoms with E-state index in [2.05, 4.69) is 4.98 Å². The Morgan fingerprint density at radius 3 is 2.39 bits per heavy atom. The second kappa shape index (κ2) is 7.48. The second-order valence-electron chi connectivity index (χ2n) is 3.64. The van der Waals surface area contributed by atoms with Gasteiger partial charge in [0.2, 0.25) is 15.0 Å². The summed E-state index contributed by atoms with van der Waals surface area (Å²) in [5.41, 5.74) is 0. The quantitative estimate of drug-likeness (QED) is 0.307. The predicted octanol–water partition coefficient (Wildman–Crippen LogP) is -3.38. The van der Waals surface area contributed by atoms with Crippen LogP contribution in [-0.2, 0) is 26.5 Å². The maximum absolute atomic E-state index is 11.3. The topological polar surface area (TPSA) is 109 Å². The summed E-state index contributed by atoms with van der Waals surface area (Å²) in [5, 5.41) is -0.0533. The first-order chi connectivity index (χ1) is 7.70. The van der Waals surface area contributed by atoms with Gasteiger partial charge in [0, 0.05) is 30.9 Å². The normalized spacial score (nSPS) is 12.1. The van der Waals surface area contributed by atoms with Gasteiger partial charge < -0.3 is 9.12 Å². The number of nitrogens with zero attached hydrogens (tertiary/aromatic N) is 2. The van der Waals surface area contributed by atoms with Crippen LogP contribution in [0.15, 0.2) is 17.6 Å². The zero-order chi connectivity index (χ0) is 13.1. The number of aromatic nitrogens is 2. The molecule has 0 aliphatic rings. The maximum atomic E-state index is 11.3. The van der Waals surface area contributed by atoms with E-state index in [1.807, 2.05) is 0 Å². The monoisotopic (exact) mass is 320 g/mol. The van der Waals surface area contributed by atoms with E-state index in [1.54, 1.807) is 0 Å². The summed E-state index contributed by atoms with van der Waals surface area (Å²) < 4.78 is 55.0. The van der Waals surface area contributed by atoms with Crippen molar-refractivity contribution in [2.45, 2.75) is 24.5 Å². The average molecular weight is 320 g/mol. The van der Waals surface area contributed by atoms with Crippen molar-refractivity contribution in [3.05, 3.63) is 12.4 Å². The van der Waals surface area contributed by atoms with Crippen LogP contribution in [0.4, 0.5) is 0 Å². The number of sulfone groups is 1. The van der Waals surface area contributed by atoms with Gasteiger partial charge in [-0.3, -0.25) is 0 Å². The number of hydrogen-bond donors (Lipinski definition) is 0. The molecule has 0 saturated heterocycles. The number of imidazole rings is 1. The summed E-state index contributed by atoms with van der Waals surface area (Å²) in [6.45, 7) is 0.317. The summed E-state index contributed by atoms with van der Waals surface area (Å²) in [4.78, 5) is 3.71. The van der Waals surface area contributed by atoms with Crippen LogP contribution >= 0.6 is 0 Å². The van der Waals surface area contributed by atoms with E-state index in [0.717, 1.165) is 6.26 Å². The summed E-state index contributed by atoms with van der Waals surface area (Å²) in [5.74, 6) is -0.435. The predicted molar refractivity (Wildman–Crippen MR) is 59.1 cm³/mol. The summed E-state index contributed by atoms with van der Waals surface area (Å²) in [6, 6.07) is 0. The Kier molecular flexibility index (Phi) is 7.77. The van der Waals surface area contributed by atoms with Gasteiger partial charge >= 0.3 is 51.4 Å². The molecular formula is C8H13KN2O5S2. The van der Waals surface area contributed by atoms with Crippen LogP contribution in [0.25, 0.3) is 0 Å². The van der Waals surface area contributed by atoms with Crippen LogP contribution in [-0.4, -0.2) is 42.9 Å². The van der Waals surface area contributed by atoms with Gasteiger partial charge in [-0.05, 0) is 12.8 Å². The minimum atomic E-state index is -4.20. The van der Waals surface area contributed by atoms with Gasteiger partial charge in [-0.1, -0.05) is 0 Å². The first kappa shape index (κ1) is 18.7. The molecule has 0 aliphatic carbocycles. The van der Waals surface area contributed by atoms with Crippen molar-refractivity contribution in [1.29, 1.82) is 0 Å². The molecule has 0 amide bonds. The molecule has 1 aromatic heterocycles. The number of rotatable bonds is 6. The van der Waals surface area contributed by atoms with E-state index in [9.17, 15) is 21.4 Å². The van der Waals surface area contributed by atoms with E-state index in [0.29, 0.717) is 13.0 Å². The molecule has 0 N–H and O–H groups in total. The molecule has 0 fully saturated rings. The Balaban J connectivity index is 0.00000289. The third-order valence-corrected chi connectivity index (χ3v) is 3.84. The van der Waals surface area contributed by atoms with E-state index in [4.69, 9.17) is 0 Å². The van der Waals surface area contributed by atoms with Crippen LogP contribution in [0.3, 0.4) is 0 Å². The van der Waals surface area contributed by atoms with Crippen molar-refractivity contribution in [1.82, 2.24) is 9.55 Å². The van der Waals surface area contributed by atoms with Crippen LogP contribution in [0, 0.1) is 0 Å². The Bertz CT molecular complexity index is 578. The molecule has 18 heavy (non-hydrogen) atoms. The van der Waals surface area contributed by atoms with Crippen molar-refractivity contribution in [3.63, 3.8) is 0 Å². The molecule has 1 aromatic rings. The Morgan fingerprint density at radius 2 is 1.89 bits per heavy atom. The first-order valence-electron chi connectivity index (χ1n) is 4.85. The molecule has 10 heteroatoms. The molecule has 1 rings (SSSR count). The van der Waals surface area contributed by atoms with Crippen molar-refractivity contribution >= 4 is 20.0 Å². The summed E-state index contributed by atoms with van der Waals surface area (Å²) >= 11 is 0. The van der Waals surface area contributed by atoms with Crippen LogP contribution in [0.1, 0.15) is 12.8 Å². The van der Waals surface area contributed by atoms with Crippen molar-refractivity contribution in [2.24, 2.45) is 0 Å². The average Bonchev–Trinajstić information content (AvgIpc) is 2.58. The number of unbranched alkanes of at least 4 members (excludes halogenated alkanes) is 1. The van der Waals surface area contributed by atoms with Crippen molar-refractivity contribution in [2.75, 3.05) is 12.0 Å². The Morgan fingerprint density at radius 1 is 1.28 bits per heavy atom. The fourth-order valence-electron chi connectivity index (χ4n) is 1.36. The molecule has 1 heterocycles. The zero-order valence-corrected chi connectivity index (χ0v) is 15.0. The van der Waals surface area contributed by atoms with E-state index in [-0.39, 0.29) is 63.0 Å². The van der Waals surface area contributed by atoms with E-state index in [1.165, 1.54) is 17.0 Å². The molecule has 7 nitrogen and oxygen atoms in total. The zero-order valence-electron chi connectivity index (χ0n) is 10.2. The van der Waals surface area contributed by atoms with Gasteiger partial charge in [-0.15, -0.1) is 0 Å². The second-order valence-corrected chi connectivity index (χ2v) is 7.08.